The van der Waals surface area contributed by atoms with E-state index in [2.05, 4.69) is 12.7 Å². The van der Waals surface area contributed by atoms with Gasteiger partial charge in [0.1, 0.15) is 0 Å². The highest BCUT2D eigenvalue weighted by molar-refractivity contribution is 5.75. The minimum atomic E-state index is -0.169. The minimum Gasteiger partial charge on any atom is -0.469 e. The monoisotopic (exact) mass is 196 g/mol. The average Bonchev–Trinajstić information content (AvgIpc) is 2.16. The second-order valence-corrected chi connectivity index (χ2v) is 3.42. The fourth-order valence-corrected chi connectivity index (χ4v) is 1.31. The maximum absolute atomic E-state index is 11.3. The van der Waals surface area contributed by atoms with Gasteiger partial charge in [-0.3, -0.25) is 4.79 Å². The topological polar surface area (TPSA) is 26.3 Å². The van der Waals surface area contributed by atoms with Gasteiger partial charge in [0.15, 0.2) is 0 Å². The smallest absolute Gasteiger partial charge is 0.312 e. The first kappa shape index (κ1) is 12.9. The largest absolute Gasteiger partial charge is 0.469 e. The van der Waals surface area contributed by atoms with Crippen molar-refractivity contribution in [1.29, 1.82) is 0 Å². The van der Waals surface area contributed by atoms with E-state index in [-0.39, 0.29) is 11.9 Å². The van der Waals surface area contributed by atoms with E-state index in [1.54, 1.807) is 0 Å². The molecule has 0 saturated heterocycles. The third-order valence-electron chi connectivity index (χ3n) is 2.18. The molecule has 0 aliphatic rings. The number of rotatable bonds is 6. The molecule has 2 heteroatoms. The van der Waals surface area contributed by atoms with E-state index >= 15 is 0 Å². The Balaban J connectivity index is 3.98. The molecule has 2 nitrogen and oxygen atoms in total. The van der Waals surface area contributed by atoms with Crippen molar-refractivity contribution in [1.82, 2.24) is 0 Å². The fraction of sp³-hybridized carbons (Fsp3) is 0.583. The van der Waals surface area contributed by atoms with Gasteiger partial charge in [-0.25, -0.2) is 0 Å². The van der Waals surface area contributed by atoms with E-state index in [4.69, 9.17) is 4.74 Å². The van der Waals surface area contributed by atoms with Crippen molar-refractivity contribution in [2.24, 2.45) is 5.92 Å². The molecular weight excluding hydrogens is 176 g/mol. The van der Waals surface area contributed by atoms with Crippen LogP contribution in [0.5, 0.6) is 0 Å². The first-order valence-electron chi connectivity index (χ1n) is 4.97. The van der Waals surface area contributed by atoms with Gasteiger partial charge in [-0.2, -0.15) is 0 Å². The van der Waals surface area contributed by atoms with Gasteiger partial charge in [-0.05, 0) is 33.1 Å². The lowest BCUT2D eigenvalue weighted by Crippen LogP contribution is -2.16. The van der Waals surface area contributed by atoms with E-state index in [1.165, 1.54) is 7.11 Å². The second kappa shape index (κ2) is 7.36. The Labute approximate surface area is 86.6 Å². The normalized spacial score (nSPS) is 12.8. The van der Waals surface area contributed by atoms with E-state index in [0.717, 1.165) is 24.8 Å². The third kappa shape index (κ3) is 4.85. The zero-order chi connectivity index (χ0) is 11.0. The lowest BCUT2D eigenvalue weighted by atomic mass is 9.95. The number of hydrogen-bond acceptors (Lipinski definition) is 2. The molecule has 0 rings (SSSR count). The van der Waals surface area contributed by atoms with Crippen LogP contribution >= 0.6 is 0 Å². The number of unbranched alkanes of at least 4 members (excludes halogenated alkanes) is 1. The van der Waals surface area contributed by atoms with Crippen LogP contribution in [0.3, 0.4) is 0 Å². The van der Waals surface area contributed by atoms with Crippen LogP contribution in [-0.2, 0) is 9.53 Å². The first-order valence-corrected chi connectivity index (χ1v) is 4.97. The van der Waals surface area contributed by atoms with Crippen molar-refractivity contribution in [3.05, 3.63) is 24.3 Å². The molecule has 0 amide bonds. The molecule has 0 heterocycles. The Morgan fingerprint density at radius 2 is 2.21 bits per heavy atom. The number of carbonyl (C=O) groups is 1. The van der Waals surface area contributed by atoms with Crippen LogP contribution in [0, 0.1) is 5.92 Å². The molecule has 0 aliphatic heterocycles. The van der Waals surface area contributed by atoms with Gasteiger partial charge < -0.3 is 4.74 Å². The SMILES string of the molecule is C=C(C)C(CCCC=CC)C(=O)OC. The summed E-state index contributed by atoms with van der Waals surface area (Å²) >= 11 is 0. The summed E-state index contributed by atoms with van der Waals surface area (Å²) in [6.07, 6.45) is 6.96. The van der Waals surface area contributed by atoms with Crippen molar-refractivity contribution in [2.45, 2.75) is 33.1 Å². The van der Waals surface area contributed by atoms with Crippen molar-refractivity contribution in [3.8, 4) is 0 Å². The highest BCUT2D eigenvalue weighted by atomic mass is 16.5. The predicted molar refractivity (Wildman–Crippen MR) is 59.0 cm³/mol. The number of esters is 1. The highest BCUT2D eigenvalue weighted by Gasteiger charge is 2.18. The molecule has 0 aromatic heterocycles. The first-order chi connectivity index (χ1) is 6.63. The van der Waals surface area contributed by atoms with E-state index in [9.17, 15) is 4.79 Å². The maximum Gasteiger partial charge on any atom is 0.312 e. The summed E-state index contributed by atoms with van der Waals surface area (Å²) in [7, 11) is 1.42. The van der Waals surface area contributed by atoms with Gasteiger partial charge in [-0.15, -0.1) is 0 Å². The molecule has 80 valence electrons. The van der Waals surface area contributed by atoms with Crippen LogP contribution < -0.4 is 0 Å². The highest BCUT2D eigenvalue weighted by Crippen LogP contribution is 2.18. The zero-order valence-electron chi connectivity index (χ0n) is 9.38. The molecule has 1 unspecified atom stereocenters. The third-order valence-corrected chi connectivity index (χ3v) is 2.18. The quantitative estimate of drug-likeness (QED) is 0.370. The Morgan fingerprint density at radius 1 is 1.57 bits per heavy atom. The van der Waals surface area contributed by atoms with Gasteiger partial charge in [0, 0.05) is 0 Å². The minimum absolute atomic E-state index is 0.134. The summed E-state index contributed by atoms with van der Waals surface area (Å²) in [6, 6.07) is 0. The Morgan fingerprint density at radius 3 is 2.64 bits per heavy atom. The number of carbonyl (C=O) groups excluding carboxylic acids is 1. The van der Waals surface area contributed by atoms with Crippen LogP contribution in [0.4, 0.5) is 0 Å². The van der Waals surface area contributed by atoms with E-state index in [1.807, 2.05) is 19.9 Å². The molecule has 1 atom stereocenters. The molecule has 0 fully saturated rings. The van der Waals surface area contributed by atoms with Gasteiger partial charge in [0.25, 0.3) is 0 Å². The number of ether oxygens (including phenoxy) is 1. The van der Waals surface area contributed by atoms with Crippen LogP contribution in [0.1, 0.15) is 33.1 Å². The molecular formula is C12H20O2. The molecule has 14 heavy (non-hydrogen) atoms. The van der Waals surface area contributed by atoms with Gasteiger partial charge >= 0.3 is 5.97 Å². The van der Waals surface area contributed by atoms with Gasteiger partial charge in [-0.1, -0.05) is 24.3 Å². The molecule has 0 saturated carbocycles. The number of allylic oxidation sites excluding steroid dienone is 2. The average molecular weight is 196 g/mol. The summed E-state index contributed by atoms with van der Waals surface area (Å²) in [5, 5.41) is 0. The molecule has 0 aliphatic carbocycles. The lowest BCUT2D eigenvalue weighted by molar-refractivity contribution is -0.144. The van der Waals surface area contributed by atoms with Crippen molar-refractivity contribution >= 4 is 5.97 Å². The Bertz CT molecular complexity index is 216. The van der Waals surface area contributed by atoms with Crippen molar-refractivity contribution < 1.29 is 9.53 Å². The fourth-order valence-electron chi connectivity index (χ4n) is 1.31. The molecule has 0 aromatic carbocycles. The molecule has 0 N–H and O–H groups in total. The van der Waals surface area contributed by atoms with E-state index in [0.29, 0.717) is 0 Å². The summed E-state index contributed by atoms with van der Waals surface area (Å²) < 4.78 is 4.71. The number of hydrogen-bond donors (Lipinski definition) is 0. The van der Waals surface area contributed by atoms with Gasteiger partial charge in [0.05, 0.1) is 13.0 Å². The number of methoxy groups -OCH3 is 1. The summed E-state index contributed by atoms with van der Waals surface area (Å²) in [4.78, 5) is 11.3. The maximum atomic E-state index is 11.3. The molecule has 0 radical (unpaired) electrons. The van der Waals surface area contributed by atoms with E-state index < -0.39 is 0 Å². The summed E-state index contributed by atoms with van der Waals surface area (Å²) in [5.74, 6) is -0.303. The van der Waals surface area contributed by atoms with Crippen molar-refractivity contribution in [3.63, 3.8) is 0 Å². The second-order valence-electron chi connectivity index (χ2n) is 3.42. The van der Waals surface area contributed by atoms with Crippen molar-refractivity contribution in [2.75, 3.05) is 7.11 Å². The standard InChI is InChI=1S/C12H20O2/c1-5-6-7-8-9-11(10(2)3)12(13)14-4/h5-6,11H,2,7-9H2,1,3-4H3. The predicted octanol–water partition coefficient (Wildman–Crippen LogP) is 3.10. The van der Waals surface area contributed by atoms with Crippen LogP contribution in [0.2, 0.25) is 0 Å². The Hall–Kier alpha value is -1.05. The van der Waals surface area contributed by atoms with Crippen LogP contribution in [0.15, 0.2) is 24.3 Å². The molecule has 0 spiro atoms. The Kier molecular flexibility index (Phi) is 6.81. The zero-order valence-corrected chi connectivity index (χ0v) is 9.38. The van der Waals surface area contributed by atoms with Gasteiger partial charge in [0.2, 0.25) is 0 Å². The van der Waals surface area contributed by atoms with Crippen LogP contribution in [-0.4, -0.2) is 13.1 Å². The van der Waals surface area contributed by atoms with Crippen LogP contribution in [0.25, 0.3) is 0 Å². The summed E-state index contributed by atoms with van der Waals surface area (Å²) in [5.41, 5.74) is 0.886. The lowest BCUT2D eigenvalue weighted by Gasteiger charge is -2.13. The summed E-state index contributed by atoms with van der Waals surface area (Å²) in [6.45, 7) is 7.67. The molecule has 0 bridgehead atoms. The molecule has 0 aromatic rings.